The molecular weight excluding hydrogens is 433 g/mol. The van der Waals surface area contributed by atoms with Gasteiger partial charge in [0.05, 0.1) is 32.7 Å². The van der Waals surface area contributed by atoms with E-state index in [2.05, 4.69) is 4.98 Å². The van der Waals surface area contributed by atoms with Gasteiger partial charge in [0.2, 0.25) is 0 Å². The van der Waals surface area contributed by atoms with Gasteiger partial charge >= 0.3 is 0 Å². The molecule has 0 amide bonds. The maximum atomic E-state index is 11.0. The van der Waals surface area contributed by atoms with Crippen molar-refractivity contribution in [1.82, 2.24) is 19.3 Å². The average Bonchev–Trinajstić information content (AvgIpc) is 3.37. The lowest BCUT2D eigenvalue weighted by Crippen LogP contribution is -2.01. The molecule has 7 nitrogen and oxygen atoms in total. The lowest BCUT2D eigenvalue weighted by molar-refractivity contribution is -0.384. The van der Waals surface area contributed by atoms with Crippen LogP contribution in [0.5, 0.6) is 0 Å². The van der Waals surface area contributed by atoms with Gasteiger partial charge in [0.15, 0.2) is 0 Å². The summed E-state index contributed by atoms with van der Waals surface area (Å²) in [6.45, 7) is 0. The Hall–Kier alpha value is -2.81. The molecule has 146 valence electrons. The molecule has 0 unspecified atom stereocenters. The molecule has 0 saturated heterocycles. The van der Waals surface area contributed by atoms with Gasteiger partial charge in [0.1, 0.15) is 10.7 Å². The number of nitro benzene ring substituents is 1. The largest absolute Gasteiger partial charge is 0.302 e. The third kappa shape index (κ3) is 3.62. The molecule has 0 N–H and O–H groups in total. The number of hydrogen-bond acceptors (Lipinski definition) is 5. The number of aromatic nitrogens is 4. The van der Waals surface area contributed by atoms with E-state index in [1.807, 2.05) is 23.1 Å². The summed E-state index contributed by atoms with van der Waals surface area (Å²) in [6.07, 6.45) is 7.14. The van der Waals surface area contributed by atoms with Crippen molar-refractivity contribution in [2.24, 2.45) is 0 Å². The topological polar surface area (TPSA) is 78.8 Å². The molecule has 2 aromatic heterocycles. The van der Waals surface area contributed by atoms with Gasteiger partial charge in [-0.05, 0) is 30.5 Å². The van der Waals surface area contributed by atoms with Gasteiger partial charge in [-0.15, -0.1) is 11.8 Å². The van der Waals surface area contributed by atoms with Crippen molar-refractivity contribution in [3.05, 3.63) is 81.3 Å². The number of benzene rings is 2. The zero-order chi connectivity index (χ0) is 20.5. The number of hydrogen-bond donors (Lipinski definition) is 0. The molecule has 0 radical (unpaired) electrons. The maximum absolute atomic E-state index is 11.0. The highest BCUT2D eigenvalue weighted by atomic mass is 35.5. The van der Waals surface area contributed by atoms with Crippen LogP contribution in [0.3, 0.4) is 0 Å². The Morgan fingerprint density at radius 2 is 1.86 bits per heavy atom. The van der Waals surface area contributed by atoms with E-state index in [1.54, 1.807) is 41.5 Å². The summed E-state index contributed by atoms with van der Waals surface area (Å²) < 4.78 is 3.61. The fraction of sp³-hybridized carbons (Fsp3) is 0.0526. The summed E-state index contributed by atoms with van der Waals surface area (Å²) in [5.74, 6) is 0. The highest BCUT2D eigenvalue weighted by Crippen LogP contribution is 2.38. The Morgan fingerprint density at radius 1 is 1.10 bits per heavy atom. The first-order valence-corrected chi connectivity index (χ1v) is 10.3. The van der Waals surface area contributed by atoms with Crippen LogP contribution < -0.4 is 0 Å². The van der Waals surface area contributed by atoms with Crippen LogP contribution in [0.2, 0.25) is 10.0 Å². The van der Waals surface area contributed by atoms with E-state index in [0.29, 0.717) is 15.7 Å². The molecule has 4 rings (SSSR count). The minimum atomic E-state index is -0.434. The van der Waals surface area contributed by atoms with E-state index >= 15 is 0 Å². The van der Waals surface area contributed by atoms with Gasteiger partial charge < -0.3 is 4.57 Å². The molecule has 2 aromatic carbocycles. The van der Waals surface area contributed by atoms with Crippen molar-refractivity contribution in [2.75, 3.05) is 6.26 Å². The van der Waals surface area contributed by atoms with Gasteiger partial charge in [-0.25, -0.2) is 9.67 Å². The number of nitrogens with zero attached hydrogens (tertiary/aromatic N) is 5. The molecule has 2 heterocycles. The van der Waals surface area contributed by atoms with E-state index in [0.717, 1.165) is 22.0 Å². The summed E-state index contributed by atoms with van der Waals surface area (Å²) in [6, 6.07) is 11.6. The summed E-state index contributed by atoms with van der Waals surface area (Å²) in [4.78, 5) is 14.7. The number of imidazole rings is 1. The minimum Gasteiger partial charge on any atom is -0.302 e. The van der Waals surface area contributed by atoms with Gasteiger partial charge in [-0.3, -0.25) is 10.1 Å². The van der Waals surface area contributed by atoms with Crippen LogP contribution >= 0.6 is 35.0 Å². The molecule has 10 heteroatoms. The van der Waals surface area contributed by atoms with E-state index in [4.69, 9.17) is 28.3 Å². The van der Waals surface area contributed by atoms with Gasteiger partial charge in [-0.2, -0.15) is 5.10 Å². The summed E-state index contributed by atoms with van der Waals surface area (Å²) >= 11 is 13.9. The Kier molecular flexibility index (Phi) is 5.31. The normalized spacial score (nSPS) is 11.0. The Bertz CT molecular complexity index is 1190. The van der Waals surface area contributed by atoms with E-state index < -0.39 is 4.92 Å². The fourth-order valence-electron chi connectivity index (χ4n) is 2.96. The average molecular weight is 446 g/mol. The first-order valence-electron chi connectivity index (χ1n) is 8.35. The molecule has 0 bridgehead atoms. The first-order chi connectivity index (χ1) is 14.0. The van der Waals surface area contributed by atoms with Gasteiger partial charge in [0.25, 0.3) is 5.69 Å². The van der Waals surface area contributed by atoms with Crippen molar-refractivity contribution in [1.29, 1.82) is 0 Å². The summed E-state index contributed by atoms with van der Waals surface area (Å²) in [5.41, 5.74) is 3.08. The second kappa shape index (κ2) is 7.90. The monoisotopic (exact) mass is 445 g/mol. The molecule has 0 spiro atoms. The van der Waals surface area contributed by atoms with Crippen LogP contribution in [0.1, 0.15) is 0 Å². The molecule has 0 fully saturated rings. The second-order valence-electron chi connectivity index (χ2n) is 5.99. The molecule has 0 saturated carbocycles. The van der Waals surface area contributed by atoms with Gasteiger partial charge in [-0.1, -0.05) is 29.3 Å². The Balaban J connectivity index is 2.00. The summed E-state index contributed by atoms with van der Waals surface area (Å²) in [5, 5.41) is 17.4. The molecule has 0 atom stereocenters. The van der Waals surface area contributed by atoms with Crippen molar-refractivity contribution >= 4 is 40.7 Å². The lowest BCUT2D eigenvalue weighted by atomic mass is 10.1. The Morgan fingerprint density at radius 3 is 2.45 bits per heavy atom. The molecule has 0 aliphatic carbocycles. The predicted molar refractivity (Wildman–Crippen MR) is 115 cm³/mol. The molecular formula is C19H13Cl2N5O2S. The van der Waals surface area contributed by atoms with Crippen molar-refractivity contribution < 1.29 is 4.92 Å². The SMILES string of the molecule is CSc1nn(-c2ccc([N+](=O)[O-])cc2)c(-c2ccc(Cl)c(Cl)c2)c1-n1ccnc1. The quantitative estimate of drug-likeness (QED) is 0.225. The number of rotatable bonds is 5. The standard InChI is InChI=1S/C19H13Cl2N5O2S/c1-29-19-18(24-9-8-22-11-24)17(12-2-7-15(20)16(21)10-12)25(23-19)13-3-5-14(6-4-13)26(27)28/h2-11H,1H3. The van der Waals surface area contributed by atoms with E-state index in [1.165, 1.54) is 23.9 Å². The van der Waals surface area contributed by atoms with Gasteiger partial charge in [0, 0.05) is 30.1 Å². The highest BCUT2D eigenvalue weighted by molar-refractivity contribution is 7.98. The fourth-order valence-corrected chi connectivity index (χ4v) is 3.81. The predicted octanol–water partition coefficient (Wildman–Crippen LogP) is 5.66. The Labute approximate surface area is 180 Å². The van der Waals surface area contributed by atoms with Crippen LogP contribution in [0.4, 0.5) is 5.69 Å². The van der Waals surface area contributed by atoms with Crippen molar-refractivity contribution in [2.45, 2.75) is 5.03 Å². The van der Waals surface area contributed by atoms with Crippen LogP contribution in [0.15, 0.2) is 66.2 Å². The molecule has 0 aliphatic heterocycles. The summed E-state index contributed by atoms with van der Waals surface area (Å²) in [7, 11) is 0. The van der Waals surface area contributed by atoms with E-state index in [9.17, 15) is 10.1 Å². The third-order valence-electron chi connectivity index (χ3n) is 4.28. The smallest absolute Gasteiger partial charge is 0.269 e. The molecule has 0 aliphatic rings. The van der Waals surface area contributed by atoms with Crippen LogP contribution in [0, 0.1) is 10.1 Å². The zero-order valence-corrected chi connectivity index (χ0v) is 17.3. The first kappa shape index (κ1) is 19.5. The van der Waals surface area contributed by atoms with E-state index in [-0.39, 0.29) is 5.69 Å². The number of nitro groups is 1. The van der Waals surface area contributed by atoms with Crippen LogP contribution in [-0.2, 0) is 0 Å². The minimum absolute atomic E-state index is 0.0110. The van der Waals surface area contributed by atoms with Crippen molar-refractivity contribution in [3.63, 3.8) is 0 Å². The van der Waals surface area contributed by atoms with Crippen molar-refractivity contribution in [3.8, 4) is 22.6 Å². The zero-order valence-electron chi connectivity index (χ0n) is 15.0. The number of non-ortho nitro benzene ring substituents is 1. The highest BCUT2D eigenvalue weighted by Gasteiger charge is 2.22. The van der Waals surface area contributed by atoms with Crippen LogP contribution in [0.25, 0.3) is 22.6 Å². The lowest BCUT2D eigenvalue weighted by Gasteiger charge is -2.11. The maximum Gasteiger partial charge on any atom is 0.269 e. The number of halogens is 2. The third-order valence-corrected chi connectivity index (χ3v) is 5.68. The van der Waals surface area contributed by atoms with Crippen LogP contribution in [-0.4, -0.2) is 30.5 Å². The number of thioether (sulfide) groups is 1. The molecule has 29 heavy (non-hydrogen) atoms. The second-order valence-corrected chi connectivity index (χ2v) is 7.60. The molecule has 4 aromatic rings.